The molecule has 0 aliphatic rings. The predicted octanol–water partition coefficient (Wildman–Crippen LogP) is 23.3. The Morgan fingerprint density at radius 3 is 0.701 bits per heavy atom. The molecule has 0 aromatic rings. The van der Waals surface area contributed by atoms with Crippen LogP contribution in [0.25, 0.3) is 0 Å². The lowest BCUT2D eigenvalue weighted by molar-refractivity contribution is -0.161. The number of aliphatic hydroxyl groups is 1. The van der Waals surface area contributed by atoms with E-state index in [1.54, 1.807) is 0 Å². The normalized spacial score (nSPS) is 13.9. The predicted molar refractivity (Wildman–Crippen MR) is 395 cm³/mol. The molecule has 5 atom stereocenters. The van der Waals surface area contributed by atoms with Crippen molar-refractivity contribution in [2.45, 2.75) is 432 Å². The van der Waals surface area contributed by atoms with Crippen LogP contribution >= 0.6 is 15.6 Å². The van der Waals surface area contributed by atoms with Crippen molar-refractivity contribution in [3.63, 3.8) is 0 Å². The highest BCUT2D eigenvalue weighted by Crippen LogP contribution is 2.45. The third kappa shape index (κ3) is 72.2. The van der Waals surface area contributed by atoms with Crippen LogP contribution in [0.1, 0.15) is 413 Å². The van der Waals surface area contributed by atoms with E-state index >= 15 is 0 Å². The molecule has 0 saturated carbocycles. The van der Waals surface area contributed by atoms with Crippen molar-refractivity contribution in [1.29, 1.82) is 0 Å². The molecule has 97 heavy (non-hydrogen) atoms. The van der Waals surface area contributed by atoms with E-state index in [4.69, 9.17) is 37.0 Å². The number of carbonyl (C=O) groups excluding carboxylic acids is 4. The van der Waals surface area contributed by atoms with Crippen molar-refractivity contribution in [3.8, 4) is 0 Å². The first-order valence-electron chi connectivity index (χ1n) is 40.6. The number of carbonyl (C=O) groups is 4. The molecule has 0 aromatic carbocycles. The minimum atomic E-state index is -4.96. The zero-order chi connectivity index (χ0) is 71.2. The summed E-state index contributed by atoms with van der Waals surface area (Å²) in [6.45, 7) is 7.30. The van der Waals surface area contributed by atoms with Crippen LogP contribution in [0, 0.1) is 5.92 Å². The number of rotatable bonds is 78. The van der Waals surface area contributed by atoms with Crippen molar-refractivity contribution in [2.75, 3.05) is 39.6 Å². The number of hydrogen-bond donors (Lipinski definition) is 3. The van der Waals surface area contributed by atoms with Gasteiger partial charge >= 0.3 is 39.5 Å². The average Bonchev–Trinajstić information content (AvgIpc) is 2.65. The highest BCUT2D eigenvalue weighted by atomic mass is 31.2. The molecule has 0 saturated heterocycles. The van der Waals surface area contributed by atoms with E-state index in [9.17, 15) is 43.2 Å². The lowest BCUT2D eigenvalue weighted by Crippen LogP contribution is -2.30. The van der Waals surface area contributed by atoms with Crippen LogP contribution in [-0.2, 0) is 65.4 Å². The van der Waals surface area contributed by atoms with Crippen molar-refractivity contribution in [2.24, 2.45) is 5.92 Å². The SMILES string of the molecule is CCCCCCCCCCCCCCCCCCCCCC(=O)O[C@H](COC(=O)CCCCCCCCCCCCCCC)COP(=O)(O)OC[C@@H](O)COP(=O)(O)OC[C@@H](COC(=O)CCCCCCCCCCCC(C)C)OC(=O)CCCCCCCCCCCCCCC. The van der Waals surface area contributed by atoms with E-state index in [1.165, 1.54) is 238 Å². The summed E-state index contributed by atoms with van der Waals surface area (Å²) in [5.74, 6) is -1.36. The summed E-state index contributed by atoms with van der Waals surface area (Å²) >= 11 is 0. The molecule has 0 aromatic heterocycles. The maximum atomic E-state index is 13.1. The average molecular weight is 1420 g/mol. The molecular formula is C78H152O17P2. The Morgan fingerprint density at radius 2 is 0.474 bits per heavy atom. The van der Waals surface area contributed by atoms with Gasteiger partial charge in [0.05, 0.1) is 26.4 Å². The number of hydrogen-bond acceptors (Lipinski definition) is 15. The van der Waals surface area contributed by atoms with Crippen LogP contribution in [0.15, 0.2) is 0 Å². The zero-order valence-electron chi connectivity index (χ0n) is 63.2. The molecule has 0 heterocycles. The summed E-state index contributed by atoms with van der Waals surface area (Å²) in [6.07, 6.45) is 60.9. The molecular weight excluding hydrogens is 1270 g/mol. The molecule has 0 rings (SSSR count). The van der Waals surface area contributed by atoms with E-state index in [-0.39, 0.29) is 25.7 Å². The molecule has 0 aliphatic heterocycles. The Labute approximate surface area is 594 Å². The van der Waals surface area contributed by atoms with Crippen LogP contribution in [0.3, 0.4) is 0 Å². The van der Waals surface area contributed by atoms with E-state index < -0.39 is 97.5 Å². The number of ether oxygens (including phenoxy) is 4. The molecule has 0 amide bonds. The highest BCUT2D eigenvalue weighted by Gasteiger charge is 2.30. The third-order valence-electron chi connectivity index (χ3n) is 18.3. The second kappa shape index (κ2) is 71.1. The van der Waals surface area contributed by atoms with Gasteiger partial charge in [-0.1, -0.05) is 362 Å². The second-order valence-corrected chi connectivity index (χ2v) is 31.5. The zero-order valence-corrected chi connectivity index (χ0v) is 65.0. The van der Waals surface area contributed by atoms with Gasteiger partial charge in [0.15, 0.2) is 12.2 Å². The van der Waals surface area contributed by atoms with Gasteiger partial charge in [-0.05, 0) is 31.6 Å². The molecule has 2 unspecified atom stereocenters. The maximum Gasteiger partial charge on any atom is 0.472 e. The van der Waals surface area contributed by atoms with E-state index in [1.807, 2.05) is 0 Å². The number of aliphatic hydroxyl groups excluding tert-OH is 1. The van der Waals surface area contributed by atoms with Crippen molar-refractivity contribution >= 4 is 39.5 Å². The Hall–Kier alpha value is -1.94. The van der Waals surface area contributed by atoms with Crippen LogP contribution in [-0.4, -0.2) is 96.7 Å². The van der Waals surface area contributed by atoms with Crippen LogP contribution in [0.2, 0.25) is 0 Å². The van der Waals surface area contributed by atoms with E-state index in [0.29, 0.717) is 25.7 Å². The Bertz CT molecular complexity index is 1860. The summed E-state index contributed by atoms with van der Waals surface area (Å²) < 4.78 is 68.6. The third-order valence-corrected chi connectivity index (χ3v) is 20.2. The van der Waals surface area contributed by atoms with Gasteiger partial charge in [-0.15, -0.1) is 0 Å². The van der Waals surface area contributed by atoms with Gasteiger partial charge in [-0.3, -0.25) is 37.3 Å². The van der Waals surface area contributed by atoms with Gasteiger partial charge in [0, 0.05) is 25.7 Å². The first-order chi connectivity index (χ1) is 47.0. The quantitative estimate of drug-likeness (QED) is 0.0222. The fourth-order valence-electron chi connectivity index (χ4n) is 12.1. The number of phosphoric acid groups is 2. The minimum Gasteiger partial charge on any atom is -0.462 e. The van der Waals surface area contributed by atoms with Crippen molar-refractivity contribution < 1.29 is 80.2 Å². The summed E-state index contributed by atoms with van der Waals surface area (Å²) in [5.41, 5.74) is 0. The highest BCUT2D eigenvalue weighted by molar-refractivity contribution is 7.47. The molecule has 3 N–H and O–H groups in total. The number of esters is 4. The topological polar surface area (TPSA) is 237 Å². The summed E-state index contributed by atoms with van der Waals surface area (Å²) in [4.78, 5) is 72.9. The fraction of sp³-hybridized carbons (Fsp3) is 0.949. The molecule has 576 valence electrons. The Balaban J connectivity index is 5.24. The molecule has 0 aliphatic carbocycles. The van der Waals surface area contributed by atoms with Gasteiger partial charge in [0.1, 0.15) is 19.3 Å². The first-order valence-corrected chi connectivity index (χ1v) is 43.6. The van der Waals surface area contributed by atoms with E-state index in [0.717, 1.165) is 95.8 Å². The summed E-state index contributed by atoms with van der Waals surface area (Å²) in [6, 6.07) is 0. The van der Waals surface area contributed by atoms with Crippen molar-refractivity contribution in [3.05, 3.63) is 0 Å². The van der Waals surface area contributed by atoms with Crippen molar-refractivity contribution in [1.82, 2.24) is 0 Å². The monoisotopic (exact) mass is 1420 g/mol. The van der Waals surface area contributed by atoms with Gasteiger partial charge in [-0.25, -0.2) is 9.13 Å². The summed E-state index contributed by atoms with van der Waals surface area (Å²) in [7, 11) is -9.91. The van der Waals surface area contributed by atoms with Crippen LogP contribution < -0.4 is 0 Å². The molecule has 0 radical (unpaired) electrons. The van der Waals surface area contributed by atoms with Gasteiger partial charge < -0.3 is 33.8 Å². The maximum absolute atomic E-state index is 13.1. The van der Waals surface area contributed by atoms with Crippen LogP contribution in [0.5, 0.6) is 0 Å². The Kier molecular flexibility index (Phi) is 69.6. The van der Waals surface area contributed by atoms with Crippen LogP contribution in [0.4, 0.5) is 0 Å². The first kappa shape index (κ1) is 95.1. The molecule has 0 fully saturated rings. The van der Waals surface area contributed by atoms with Gasteiger partial charge in [0.2, 0.25) is 0 Å². The largest absolute Gasteiger partial charge is 0.472 e. The smallest absolute Gasteiger partial charge is 0.462 e. The standard InChI is InChI=1S/C78H152O17P2/c1-6-9-12-15-18-21-24-27-28-29-30-31-32-35-38-43-49-54-59-64-78(83)94-73(67-88-75(80)61-56-51-46-41-36-33-25-22-19-16-13-10-7-2)69-92-96(84,85)90-65-72(79)66-91-97(86,87)93-70-74(68-89-76(81)62-57-52-47-44-39-40-45-50-55-60-71(4)5)95-77(82)63-58-53-48-42-37-34-26-23-20-17-14-11-8-3/h71-74,79H,6-70H2,1-5H3,(H,84,85)(H,86,87)/t72-,73-,74-/m1/s1. The second-order valence-electron chi connectivity index (χ2n) is 28.6. The molecule has 17 nitrogen and oxygen atoms in total. The summed E-state index contributed by atoms with van der Waals surface area (Å²) in [5, 5.41) is 10.6. The van der Waals surface area contributed by atoms with E-state index in [2.05, 4.69) is 34.6 Å². The Morgan fingerprint density at radius 1 is 0.278 bits per heavy atom. The number of unbranched alkanes of at least 4 members (excludes halogenated alkanes) is 50. The number of phosphoric ester groups is 2. The fourth-order valence-corrected chi connectivity index (χ4v) is 13.6. The van der Waals surface area contributed by atoms with Gasteiger partial charge in [0.25, 0.3) is 0 Å². The minimum absolute atomic E-state index is 0.108. The molecule has 0 bridgehead atoms. The molecule has 19 heteroatoms. The van der Waals surface area contributed by atoms with Gasteiger partial charge in [-0.2, -0.15) is 0 Å². The lowest BCUT2D eigenvalue weighted by atomic mass is 10.0. The molecule has 0 spiro atoms. The lowest BCUT2D eigenvalue weighted by Gasteiger charge is -2.21.